The van der Waals surface area contributed by atoms with E-state index in [-0.39, 0.29) is 44.4 Å². The van der Waals surface area contributed by atoms with E-state index in [1.807, 2.05) is 33.7 Å². The number of carbonyl (C=O) groups excluding carboxylic acids is 2. The van der Waals surface area contributed by atoms with Crippen molar-refractivity contribution in [3.8, 4) is 0 Å². The predicted octanol–water partition coefficient (Wildman–Crippen LogP) is 9.32. The third-order valence-corrected chi connectivity index (χ3v) is 13.9. The minimum absolute atomic E-state index is 0. The van der Waals surface area contributed by atoms with Crippen LogP contribution in [0.1, 0.15) is 156 Å². The molecule has 15 heteroatoms. The van der Waals surface area contributed by atoms with Gasteiger partial charge in [-0.15, -0.1) is 0 Å². The third kappa shape index (κ3) is 17.0. The molecule has 6 heterocycles. The SMILES string of the molecule is CC(=O)N1CCC[C@@H](Nc2cc(C(C)(C)C)ncn2)C1.CCC(C)(C)c1cc(N[C@H]2CCCN(C(C)=O)C2)ncn1.CCSCCN1CCC(Nc2cc(C(C)(C)CC)ncn2)CC1.[HH].[HH].[HH]. The van der Waals surface area contributed by atoms with Gasteiger partial charge in [0.25, 0.3) is 0 Å². The van der Waals surface area contributed by atoms with E-state index in [9.17, 15) is 9.59 Å². The molecule has 3 aliphatic rings. The number of carbonyl (C=O) groups is 2. The fraction of sp³-hybridized carbons (Fsp3) is 0.714. The van der Waals surface area contributed by atoms with Crippen LogP contribution in [0.3, 0.4) is 0 Å². The Bertz CT molecular complexity index is 1900. The maximum absolute atomic E-state index is 11.5. The van der Waals surface area contributed by atoms with Gasteiger partial charge < -0.3 is 30.7 Å². The van der Waals surface area contributed by atoms with Gasteiger partial charge >= 0.3 is 0 Å². The number of thioether (sulfide) groups is 1. The van der Waals surface area contributed by atoms with Gasteiger partial charge in [-0.3, -0.25) is 9.59 Å². The number of aromatic nitrogens is 6. The maximum atomic E-state index is 11.5. The Morgan fingerprint density at radius 1 is 0.609 bits per heavy atom. The molecule has 0 aliphatic carbocycles. The van der Waals surface area contributed by atoms with Crippen molar-refractivity contribution in [2.24, 2.45) is 0 Å². The van der Waals surface area contributed by atoms with E-state index in [1.165, 1.54) is 44.0 Å². The lowest BCUT2D eigenvalue weighted by Crippen LogP contribution is -2.44. The number of hydrogen-bond acceptors (Lipinski definition) is 13. The molecule has 0 radical (unpaired) electrons. The first-order chi connectivity index (χ1) is 30.3. The first kappa shape index (κ1) is 52.5. The Hall–Kier alpha value is -4.11. The summed E-state index contributed by atoms with van der Waals surface area (Å²) >= 11 is 2.04. The molecule has 0 unspecified atom stereocenters. The van der Waals surface area contributed by atoms with E-state index in [0.717, 1.165) is 99.2 Å². The Kier molecular flexibility index (Phi) is 20.5. The Morgan fingerprint density at radius 3 is 1.41 bits per heavy atom. The highest BCUT2D eigenvalue weighted by atomic mass is 32.2. The van der Waals surface area contributed by atoms with Gasteiger partial charge in [0.1, 0.15) is 36.4 Å². The Balaban J connectivity index is 0.000000493. The lowest BCUT2D eigenvalue weighted by Gasteiger charge is -2.33. The van der Waals surface area contributed by atoms with Gasteiger partial charge in [0.15, 0.2) is 0 Å². The first-order valence-corrected chi connectivity index (χ1v) is 25.1. The molecule has 3 N–H and O–H groups in total. The summed E-state index contributed by atoms with van der Waals surface area (Å²) in [4.78, 5) is 55.6. The van der Waals surface area contributed by atoms with E-state index in [4.69, 9.17) is 0 Å². The number of hydrogen-bond donors (Lipinski definition) is 3. The van der Waals surface area contributed by atoms with E-state index in [2.05, 4.69) is 126 Å². The molecule has 3 fully saturated rings. The highest BCUT2D eigenvalue weighted by molar-refractivity contribution is 7.99. The molecule has 3 saturated heterocycles. The van der Waals surface area contributed by atoms with Crippen molar-refractivity contribution < 1.29 is 13.9 Å². The zero-order chi connectivity index (χ0) is 46.9. The molecule has 0 aromatic carbocycles. The molecule has 0 saturated carbocycles. The van der Waals surface area contributed by atoms with Gasteiger partial charge in [-0.1, -0.05) is 69.2 Å². The Labute approximate surface area is 394 Å². The quantitative estimate of drug-likeness (QED) is 0.132. The summed E-state index contributed by atoms with van der Waals surface area (Å²) in [6.45, 7) is 32.0. The lowest BCUT2D eigenvalue weighted by molar-refractivity contribution is -0.130. The van der Waals surface area contributed by atoms with Crippen molar-refractivity contribution in [2.75, 3.05) is 73.3 Å². The summed E-state index contributed by atoms with van der Waals surface area (Å²) < 4.78 is 0. The molecule has 64 heavy (non-hydrogen) atoms. The van der Waals surface area contributed by atoms with Crippen LogP contribution in [-0.2, 0) is 25.8 Å². The predicted molar refractivity (Wildman–Crippen MR) is 272 cm³/mol. The number of rotatable bonds is 14. The van der Waals surface area contributed by atoms with E-state index < -0.39 is 0 Å². The average Bonchev–Trinajstić information content (AvgIpc) is 3.28. The highest BCUT2D eigenvalue weighted by Gasteiger charge is 2.26. The van der Waals surface area contributed by atoms with Crippen molar-refractivity contribution in [1.29, 1.82) is 0 Å². The average molecular weight is 909 g/mol. The van der Waals surface area contributed by atoms with Crippen LogP contribution in [0.15, 0.2) is 37.2 Å². The van der Waals surface area contributed by atoms with Gasteiger partial charge in [-0.25, -0.2) is 29.9 Å². The number of amides is 2. The summed E-state index contributed by atoms with van der Waals surface area (Å²) in [5, 5.41) is 10.5. The summed E-state index contributed by atoms with van der Waals surface area (Å²) in [5.74, 6) is 5.47. The zero-order valence-electron chi connectivity index (χ0n) is 41.5. The molecule has 3 aromatic heterocycles. The smallest absolute Gasteiger partial charge is 0.219 e. The summed E-state index contributed by atoms with van der Waals surface area (Å²) in [6.07, 6.45) is 13.7. The van der Waals surface area contributed by atoms with Crippen molar-refractivity contribution in [3.05, 3.63) is 54.3 Å². The second-order valence-corrected chi connectivity index (χ2v) is 21.3. The minimum Gasteiger partial charge on any atom is -0.367 e. The molecule has 3 aromatic rings. The summed E-state index contributed by atoms with van der Waals surface area (Å²) in [5.41, 5.74) is 3.39. The molecule has 2 atom stereocenters. The van der Waals surface area contributed by atoms with E-state index in [1.54, 1.807) is 32.8 Å². The van der Waals surface area contributed by atoms with Crippen molar-refractivity contribution in [3.63, 3.8) is 0 Å². The number of anilines is 3. The van der Waals surface area contributed by atoms with Gasteiger partial charge in [0.05, 0.1) is 17.1 Å². The maximum Gasteiger partial charge on any atom is 0.219 e. The van der Waals surface area contributed by atoms with Crippen LogP contribution in [0.25, 0.3) is 0 Å². The standard InChI is InChI=1S/C18H32N4S.C16H26N4O.C15H24N4O.3H2/c1-5-18(3,4)16-13-17(20-14-19-16)21-15-7-9-22(10-8-15)11-12-23-6-2;1-5-16(3,4)14-9-15(18-11-17-14)19-13-7-6-8-20(10-13)12(2)21;1-11(20)19-7-5-6-12(9-19)18-14-8-13(15(2,3)4)16-10-17-14;;;/h13-15H,5-12H2,1-4H3,(H,19,20,21);9,11,13H,5-8,10H2,1-4H3,(H,17,18,19);8,10,12H,5-7,9H2,1-4H3,(H,16,17,18);3*1H/t;13-;12-;;;/m.01.../s1. The van der Waals surface area contributed by atoms with E-state index in [0.29, 0.717) is 6.04 Å². The molecule has 3 aliphatic heterocycles. The molecule has 0 spiro atoms. The number of nitrogens with one attached hydrogen (secondary N) is 3. The lowest BCUT2D eigenvalue weighted by atomic mass is 9.86. The van der Waals surface area contributed by atoms with Crippen LogP contribution in [0.5, 0.6) is 0 Å². The Morgan fingerprint density at radius 2 is 1.02 bits per heavy atom. The van der Waals surface area contributed by atoms with Crippen LogP contribution in [0.4, 0.5) is 17.5 Å². The third-order valence-electron chi connectivity index (χ3n) is 13.1. The van der Waals surface area contributed by atoms with E-state index >= 15 is 0 Å². The highest BCUT2D eigenvalue weighted by Crippen LogP contribution is 2.28. The minimum atomic E-state index is 0. The molecular formula is C49H88N12O2S. The van der Waals surface area contributed by atoms with Crippen LogP contribution in [0.2, 0.25) is 0 Å². The van der Waals surface area contributed by atoms with Crippen LogP contribution in [-0.4, -0.2) is 132 Å². The second kappa shape index (κ2) is 25.0. The summed E-state index contributed by atoms with van der Waals surface area (Å²) in [7, 11) is 0. The normalized spacial score (nSPS) is 18.8. The van der Waals surface area contributed by atoms with Crippen molar-refractivity contribution in [2.45, 2.75) is 169 Å². The van der Waals surface area contributed by atoms with Gasteiger partial charge in [0.2, 0.25) is 11.8 Å². The van der Waals surface area contributed by atoms with Gasteiger partial charge in [0, 0.05) is 122 Å². The van der Waals surface area contributed by atoms with Crippen LogP contribution in [0, 0.1) is 0 Å². The number of likely N-dealkylation sites (tertiary alicyclic amines) is 3. The van der Waals surface area contributed by atoms with Crippen LogP contribution < -0.4 is 16.0 Å². The molecule has 2 amide bonds. The monoisotopic (exact) mass is 909 g/mol. The molecular weight excluding hydrogens is 821 g/mol. The fourth-order valence-electron chi connectivity index (χ4n) is 7.85. The summed E-state index contributed by atoms with van der Waals surface area (Å²) in [6, 6.07) is 7.26. The van der Waals surface area contributed by atoms with Crippen molar-refractivity contribution in [1.82, 2.24) is 44.6 Å². The van der Waals surface area contributed by atoms with Crippen molar-refractivity contribution >= 4 is 41.0 Å². The topological polar surface area (TPSA) is 157 Å². The molecule has 362 valence electrons. The van der Waals surface area contributed by atoms with Gasteiger partial charge in [-0.05, 0) is 57.1 Å². The largest absolute Gasteiger partial charge is 0.367 e. The fourth-order valence-corrected chi connectivity index (χ4v) is 8.53. The first-order valence-electron chi connectivity index (χ1n) is 23.9. The van der Waals surface area contributed by atoms with Crippen LogP contribution >= 0.6 is 11.8 Å². The molecule has 14 nitrogen and oxygen atoms in total. The van der Waals surface area contributed by atoms with Gasteiger partial charge in [-0.2, -0.15) is 11.8 Å². The second-order valence-electron chi connectivity index (χ2n) is 19.9. The number of piperidine rings is 3. The molecule has 6 rings (SSSR count). The zero-order valence-corrected chi connectivity index (χ0v) is 42.3. The molecule has 0 bridgehead atoms. The number of nitrogens with zero attached hydrogens (tertiary/aromatic N) is 9.